The van der Waals surface area contributed by atoms with Crippen LogP contribution in [0.25, 0.3) is 0 Å². The quantitative estimate of drug-likeness (QED) is 0.883. The number of halogens is 1. The molecular formula is C13H15BrO2. The summed E-state index contributed by atoms with van der Waals surface area (Å²) in [6.45, 7) is 0. The minimum atomic E-state index is -0.873. The molecule has 1 saturated carbocycles. The van der Waals surface area contributed by atoms with Crippen molar-refractivity contribution in [3.8, 4) is 0 Å². The summed E-state index contributed by atoms with van der Waals surface area (Å²) in [6, 6.07) is 5.64. The van der Waals surface area contributed by atoms with Gasteiger partial charge in [0.05, 0.1) is 5.56 Å². The van der Waals surface area contributed by atoms with Gasteiger partial charge in [0.2, 0.25) is 0 Å². The van der Waals surface area contributed by atoms with Gasteiger partial charge in [-0.1, -0.05) is 25.3 Å². The number of aromatic carboxylic acids is 1. The normalized spacial score (nSPS) is 17.3. The third-order valence-corrected chi connectivity index (χ3v) is 3.96. The zero-order chi connectivity index (χ0) is 11.5. The van der Waals surface area contributed by atoms with Gasteiger partial charge < -0.3 is 5.11 Å². The van der Waals surface area contributed by atoms with Crippen LogP contribution in [0.3, 0.4) is 0 Å². The van der Waals surface area contributed by atoms with E-state index < -0.39 is 5.97 Å². The average molecular weight is 283 g/mol. The van der Waals surface area contributed by atoms with Gasteiger partial charge in [-0.05, 0) is 52.4 Å². The van der Waals surface area contributed by atoms with Crippen molar-refractivity contribution in [2.45, 2.75) is 38.0 Å². The molecule has 0 amide bonds. The highest BCUT2D eigenvalue weighted by molar-refractivity contribution is 9.10. The number of hydrogen-bond donors (Lipinski definition) is 1. The van der Waals surface area contributed by atoms with Crippen LogP contribution in [0.1, 0.15) is 53.9 Å². The Balaban J connectivity index is 2.23. The third-order valence-electron chi connectivity index (χ3n) is 3.30. The molecule has 0 bridgehead atoms. The molecule has 0 spiro atoms. The van der Waals surface area contributed by atoms with Crippen LogP contribution in [0.15, 0.2) is 22.7 Å². The van der Waals surface area contributed by atoms with E-state index in [0.717, 1.165) is 0 Å². The summed E-state index contributed by atoms with van der Waals surface area (Å²) >= 11 is 3.33. The molecule has 1 aliphatic carbocycles. The number of rotatable bonds is 2. The van der Waals surface area contributed by atoms with Gasteiger partial charge in [0.25, 0.3) is 0 Å². The molecule has 2 nitrogen and oxygen atoms in total. The van der Waals surface area contributed by atoms with Gasteiger partial charge in [0, 0.05) is 4.47 Å². The SMILES string of the molecule is O=C(O)c1ccc(C2CCCCC2)cc1Br. The minimum absolute atomic E-state index is 0.347. The highest BCUT2D eigenvalue weighted by atomic mass is 79.9. The molecule has 1 fully saturated rings. The molecule has 1 aliphatic rings. The lowest BCUT2D eigenvalue weighted by atomic mass is 9.84. The highest BCUT2D eigenvalue weighted by Crippen LogP contribution is 2.34. The maximum Gasteiger partial charge on any atom is 0.336 e. The lowest BCUT2D eigenvalue weighted by Crippen LogP contribution is -2.05. The largest absolute Gasteiger partial charge is 0.478 e. The van der Waals surface area contributed by atoms with E-state index in [1.807, 2.05) is 12.1 Å². The molecule has 3 heteroatoms. The lowest BCUT2D eigenvalue weighted by molar-refractivity contribution is 0.0696. The minimum Gasteiger partial charge on any atom is -0.478 e. The standard InChI is InChI=1S/C13H15BrO2/c14-12-8-10(6-7-11(12)13(15)16)9-4-2-1-3-5-9/h6-9H,1-5H2,(H,15,16). The molecule has 1 N–H and O–H groups in total. The molecule has 0 atom stereocenters. The zero-order valence-corrected chi connectivity index (χ0v) is 10.7. The maximum absolute atomic E-state index is 10.9. The second kappa shape index (κ2) is 5.00. The van der Waals surface area contributed by atoms with Crippen molar-refractivity contribution in [1.29, 1.82) is 0 Å². The summed E-state index contributed by atoms with van der Waals surface area (Å²) in [5, 5.41) is 8.94. The molecular weight excluding hydrogens is 268 g/mol. The predicted octanol–water partition coefficient (Wildman–Crippen LogP) is 4.20. The third kappa shape index (κ3) is 2.46. The van der Waals surface area contributed by atoms with Gasteiger partial charge in [-0.2, -0.15) is 0 Å². The first-order chi connectivity index (χ1) is 7.68. The first kappa shape index (κ1) is 11.6. The van der Waals surface area contributed by atoms with Crippen molar-refractivity contribution >= 4 is 21.9 Å². The zero-order valence-electron chi connectivity index (χ0n) is 9.08. The topological polar surface area (TPSA) is 37.3 Å². The molecule has 0 radical (unpaired) electrons. The molecule has 0 heterocycles. The molecule has 86 valence electrons. The van der Waals surface area contributed by atoms with Crippen LogP contribution in [0, 0.1) is 0 Å². The smallest absolute Gasteiger partial charge is 0.336 e. The van der Waals surface area contributed by atoms with E-state index in [4.69, 9.17) is 5.11 Å². The Morgan fingerprint density at radius 3 is 2.50 bits per heavy atom. The van der Waals surface area contributed by atoms with E-state index in [-0.39, 0.29) is 0 Å². The molecule has 16 heavy (non-hydrogen) atoms. The number of benzene rings is 1. The summed E-state index contributed by atoms with van der Waals surface area (Å²) in [5.74, 6) is -0.255. The van der Waals surface area contributed by atoms with Crippen LogP contribution in [-0.4, -0.2) is 11.1 Å². The first-order valence-electron chi connectivity index (χ1n) is 5.71. The van der Waals surface area contributed by atoms with E-state index in [1.54, 1.807) is 6.07 Å². The Morgan fingerprint density at radius 2 is 1.94 bits per heavy atom. The fraction of sp³-hybridized carbons (Fsp3) is 0.462. The van der Waals surface area contributed by atoms with Gasteiger partial charge >= 0.3 is 5.97 Å². The van der Waals surface area contributed by atoms with Crippen LogP contribution >= 0.6 is 15.9 Å². The fourth-order valence-electron chi connectivity index (χ4n) is 2.39. The monoisotopic (exact) mass is 282 g/mol. The van der Waals surface area contributed by atoms with Gasteiger partial charge in [-0.3, -0.25) is 0 Å². The van der Waals surface area contributed by atoms with Gasteiger partial charge in [-0.25, -0.2) is 4.79 Å². The predicted molar refractivity (Wildman–Crippen MR) is 66.9 cm³/mol. The highest BCUT2D eigenvalue weighted by Gasteiger charge is 2.17. The molecule has 0 aromatic heterocycles. The van der Waals surface area contributed by atoms with Crippen LogP contribution in [0.2, 0.25) is 0 Å². The summed E-state index contributed by atoms with van der Waals surface area (Å²) in [6.07, 6.45) is 6.40. The molecule has 2 rings (SSSR count). The van der Waals surface area contributed by atoms with E-state index >= 15 is 0 Å². The Hall–Kier alpha value is -0.830. The van der Waals surface area contributed by atoms with Gasteiger partial charge in [-0.15, -0.1) is 0 Å². The van der Waals surface area contributed by atoms with Gasteiger partial charge in [0.1, 0.15) is 0 Å². The van der Waals surface area contributed by atoms with Crippen molar-refractivity contribution in [3.05, 3.63) is 33.8 Å². The molecule has 0 saturated heterocycles. The Labute approximate surface area is 104 Å². The van der Waals surface area contributed by atoms with Crippen molar-refractivity contribution in [2.75, 3.05) is 0 Å². The van der Waals surface area contributed by atoms with Crippen molar-refractivity contribution < 1.29 is 9.90 Å². The number of hydrogen-bond acceptors (Lipinski definition) is 1. The first-order valence-corrected chi connectivity index (χ1v) is 6.50. The summed E-state index contributed by atoms with van der Waals surface area (Å²) in [5.41, 5.74) is 1.62. The van der Waals surface area contributed by atoms with E-state index in [1.165, 1.54) is 37.7 Å². The molecule has 0 unspecified atom stereocenters. The Bertz CT molecular complexity index is 395. The van der Waals surface area contributed by atoms with Crippen LogP contribution in [0.4, 0.5) is 0 Å². The second-order valence-electron chi connectivity index (χ2n) is 4.38. The van der Waals surface area contributed by atoms with Crippen molar-refractivity contribution in [3.63, 3.8) is 0 Å². The van der Waals surface area contributed by atoms with Crippen molar-refractivity contribution in [1.82, 2.24) is 0 Å². The van der Waals surface area contributed by atoms with Crippen LogP contribution in [0.5, 0.6) is 0 Å². The summed E-state index contributed by atoms with van der Waals surface area (Å²) < 4.78 is 0.697. The average Bonchev–Trinajstić information content (AvgIpc) is 2.29. The maximum atomic E-state index is 10.9. The fourth-order valence-corrected chi connectivity index (χ4v) is 2.96. The van der Waals surface area contributed by atoms with E-state index in [0.29, 0.717) is 16.0 Å². The van der Waals surface area contributed by atoms with Gasteiger partial charge in [0.15, 0.2) is 0 Å². The summed E-state index contributed by atoms with van der Waals surface area (Å²) in [7, 11) is 0. The molecule has 0 aliphatic heterocycles. The Kier molecular flexibility index (Phi) is 3.64. The second-order valence-corrected chi connectivity index (χ2v) is 5.23. The number of carboxylic acids is 1. The van der Waals surface area contributed by atoms with Crippen molar-refractivity contribution in [2.24, 2.45) is 0 Å². The molecule has 1 aromatic rings. The van der Waals surface area contributed by atoms with E-state index in [9.17, 15) is 4.79 Å². The lowest BCUT2D eigenvalue weighted by Gasteiger charge is -2.22. The molecule has 1 aromatic carbocycles. The summed E-state index contributed by atoms with van der Waals surface area (Å²) in [4.78, 5) is 10.9. The number of carboxylic acid groups (broad SMARTS) is 1. The number of carbonyl (C=O) groups is 1. The van der Waals surface area contributed by atoms with E-state index in [2.05, 4.69) is 15.9 Å². The van der Waals surface area contributed by atoms with Crippen LogP contribution < -0.4 is 0 Å². The Morgan fingerprint density at radius 1 is 1.25 bits per heavy atom. The van der Waals surface area contributed by atoms with Crippen LogP contribution in [-0.2, 0) is 0 Å².